The Balaban J connectivity index is 1.74. The van der Waals surface area contributed by atoms with Gasteiger partial charge in [0.05, 0.1) is 30.5 Å². The molecular formula is C24H20N2O4S. The number of phenols is 1. The van der Waals surface area contributed by atoms with E-state index in [4.69, 9.17) is 14.5 Å². The van der Waals surface area contributed by atoms with Crippen LogP contribution in [-0.4, -0.2) is 30.4 Å². The predicted octanol–water partition coefficient (Wildman–Crippen LogP) is 5.22. The van der Waals surface area contributed by atoms with E-state index < -0.39 is 0 Å². The van der Waals surface area contributed by atoms with E-state index in [0.29, 0.717) is 27.2 Å². The van der Waals surface area contributed by atoms with Crippen LogP contribution in [0, 0.1) is 0 Å². The summed E-state index contributed by atoms with van der Waals surface area (Å²) in [4.78, 5) is 20.1. The number of benzene rings is 3. The van der Waals surface area contributed by atoms with Crippen molar-refractivity contribution in [2.75, 3.05) is 19.1 Å². The Morgan fingerprint density at radius 2 is 1.45 bits per heavy atom. The van der Waals surface area contributed by atoms with E-state index >= 15 is 0 Å². The van der Waals surface area contributed by atoms with Crippen LogP contribution in [0.1, 0.15) is 5.56 Å². The standard InChI is InChI=1S/C24H20N2O4S/c1-29-20-11-5-17(6-12-20)25-24-26(18-7-13-21(30-2)14-8-18)23(28)22(31-24)15-16-3-9-19(27)10-4-16/h3-15,27H,1-2H3/b22-15-,25-24?. The Hall–Kier alpha value is -3.71. The van der Waals surface area contributed by atoms with Crippen LogP contribution < -0.4 is 14.4 Å². The van der Waals surface area contributed by atoms with Crippen LogP contribution >= 0.6 is 11.8 Å². The molecule has 1 fully saturated rings. The predicted molar refractivity (Wildman–Crippen MR) is 124 cm³/mol. The van der Waals surface area contributed by atoms with Gasteiger partial charge >= 0.3 is 0 Å². The first-order valence-electron chi connectivity index (χ1n) is 9.47. The molecule has 0 spiro atoms. The number of phenolic OH excluding ortho intramolecular Hbond substituents is 1. The molecule has 7 heteroatoms. The SMILES string of the molecule is COc1ccc(N=C2S/C(=C\c3ccc(O)cc3)C(=O)N2c2ccc(OC)cc2)cc1. The number of methoxy groups -OCH3 is 2. The minimum atomic E-state index is -0.171. The Morgan fingerprint density at radius 1 is 0.871 bits per heavy atom. The van der Waals surface area contributed by atoms with Crippen LogP contribution in [-0.2, 0) is 4.79 Å². The van der Waals surface area contributed by atoms with Gasteiger partial charge in [0.25, 0.3) is 5.91 Å². The number of thioether (sulfide) groups is 1. The zero-order valence-corrected chi connectivity index (χ0v) is 17.8. The number of ether oxygens (including phenoxy) is 2. The highest BCUT2D eigenvalue weighted by Crippen LogP contribution is 2.38. The lowest BCUT2D eigenvalue weighted by Gasteiger charge is -2.16. The summed E-state index contributed by atoms with van der Waals surface area (Å²) in [6.07, 6.45) is 1.79. The summed E-state index contributed by atoms with van der Waals surface area (Å²) in [5.41, 5.74) is 2.22. The molecule has 0 saturated carbocycles. The van der Waals surface area contributed by atoms with Crippen molar-refractivity contribution in [2.24, 2.45) is 4.99 Å². The van der Waals surface area contributed by atoms with Gasteiger partial charge in [-0.2, -0.15) is 0 Å². The number of hydrogen-bond donors (Lipinski definition) is 1. The molecule has 3 aromatic rings. The number of aliphatic imine (C=N–C) groups is 1. The van der Waals surface area contributed by atoms with Crippen LogP contribution in [0.2, 0.25) is 0 Å². The second-order valence-electron chi connectivity index (χ2n) is 6.63. The van der Waals surface area contributed by atoms with Crippen molar-refractivity contribution >= 4 is 40.3 Å². The lowest BCUT2D eigenvalue weighted by atomic mass is 10.2. The summed E-state index contributed by atoms with van der Waals surface area (Å²) in [7, 11) is 3.21. The van der Waals surface area contributed by atoms with Gasteiger partial charge in [0, 0.05) is 0 Å². The second kappa shape index (κ2) is 8.97. The lowest BCUT2D eigenvalue weighted by Crippen LogP contribution is -2.28. The number of hydrogen-bond acceptors (Lipinski definition) is 6. The van der Waals surface area contributed by atoms with Crippen molar-refractivity contribution in [3.63, 3.8) is 0 Å². The number of amidine groups is 1. The van der Waals surface area contributed by atoms with Crippen molar-refractivity contribution in [1.82, 2.24) is 0 Å². The number of anilines is 1. The zero-order chi connectivity index (χ0) is 21.8. The second-order valence-corrected chi connectivity index (χ2v) is 7.64. The summed E-state index contributed by atoms with van der Waals surface area (Å²) in [6, 6.07) is 21.3. The van der Waals surface area contributed by atoms with E-state index in [9.17, 15) is 9.90 Å². The van der Waals surface area contributed by atoms with Crippen LogP contribution in [0.15, 0.2) is 82.7 Å². The maximum Gasteiger partial charge on any atom is 0.271 e. The largest absolute Gasteiger partial charge is 0.508 e. The molecule has 0 radical (unpaired) electrons. The highest BCUT2D eigenvalue weighted by molar-refractivity contribution is 8.19. The first-order valence-corrected chi connectivity index (χ1v) is 10.3. The van der Waals surface area contributed by atoms with Gasteiger partial charge < -0.3 is 14.6 Å². The minimum absolute atomic E-state index is 0.171. The smallest absolute Gasteiger partial charge is 0.271 e. The molecule has 0 unspecified atom stereocenters. The summed E-state index contributed by atoms with van der Waals surface area (Å²) in [5, 5.41) is 10.1. The third-order valence-corrected chi connectivity index (χ3v) is 5.59. The van der Waals surface area contributed by atoms with Crippen molar-refractivity contribution < 1.29 is 19.4 Å². The molecule has 156 valence electrons. The molecule has 1 aliphatic rings. The maximum atomic E-state index is 13.3. The number of nitrogens with zero attached hydrogens (tertiary/aromatic N) is 2. The first kappa shape index (κ1) is 20.6. The molecule has 0 bridgehead atoms. The molecule has 1 saturated heterocycles. The Labute approximate surface area is 184 Å². The summed E-state index contributed by atoms with van der Waals surface area (Å²) in [6.45, 7) is 0. The molecule has 1 N–H and O–H groups in total. The number of carbonyl (C=O) groups excluding carboxylic acids is 1. The normalized spacial score (nSPS) is 16.2. The average Bonchev–Trinajstić information content (AvgIpc) is 3.10. The molecule has 4 rings (SSSR count). The van der Waals surface area contributed by atoms with E-state index in [0.717, 1.165) is 11.3 Å². The molecule has 31 heavy (non-hydrogen) atoms. The first-order chi connectivity index (χ1) is 15.1. The Morgan fingerprint density at radius 3 is 2.03 bits per heavy atom. The quantitative estimate of drug-likeness (QED) is 0.560. The fourth-order valence-electron chi connectivity index (χ4n) is 3.00. The van der Waals surface area contributed by atoms with Crippen LogP contribution in [0.5, 0.6) is 17.2 Å². The van der Waals surface area contributed by atoms with Gasteiger partial charge in [0.2, 0.25) is 0 Å². The fraction of sp³-hybridized carbons (Fsp3) is 0.0833. The number of carbonyl (C=O) groups is 1. The van der Waals surface area contributed by atoms with E-state index in [1.54, 1.807) is 61.6 Å². The molecule has 1 heterocycles. The van der Waals surface area contributed by atoms with Gasteiger partial charge in [-0.1, -0.05) is 12.1 Å². The Kier molecular flexibility index (Phi) is 5.95. The highest BCUT2D eigenvalue weighted by Gasteiger charge is 2.34. The fourth-order valence-corrected chi connectivity index (χ4v) is 4.00. The van der Waals surface area contributed by atoms with Crippen molar-refractivity contribution in [3.05, 3.63) is 83.3 Å². The minimum Gasteiger partial charge on any atom is -0.508 e. The van der Waals surface area contributed by atoms with Crippen LogP contribution in [0.3, 0.4) is 0 Å². The van der Waals surface area contributed by atoms with Gasteiger partial charge in [-0.05, 0) is 84.1 Å². The lowest BCUT2D eigenvalue weighted by molar-refractivity contribution is -0.113. The topological polar surface area (TPSA) is 71.4 Å². The van der Waals surface area contributed by atoms with Crippen molar-refractivity contribution in [3.8, 4) is 17.2 Å². The average molecular weight is 433 g/mol. The molecular weight excluding hydrogens is 412 g/mol. The van der Waals surface area contributed by atoms with Crippen molar-refractivity contribution in [2.45, 2.75) is 0 Å². The molecule has 0 aromatic heterocycles. The monoisotopic (exact) mass is 432 g/mol. The van der Waals surface area contributed by atoms with Gasteiger partial charge in [-0.15, -0.1) is 0 Å². The summed E-state index contributed by atoms with van der Waals surface area (Å²) >= 11 is 1.30. The third kappa shape index (κ3) is 4.57. The van der Waals surface area contributed by atoms with Crippen LogP contribution in [0.4, 0.5) is 11.4 Å². The van der Waals surface area contributed by atoms with E-state index in [2.05, 4.69) is 0 Å². The van der Waals surface area contributed by atoms with Crippen molar-refractivity contribution in [1.29, 1.82) is 0 Å². The molecule has 1 amide bonds. The van der Waals surface area contributed by atoms with Gasteiger partial charge in [-0.25, -0.2) is 4.99 Å². The number of amides is 1. The molecule has 1 aliphatic heterocycles. The van der Waals surface area contributed by atoms with E-state index in [1.807, 2.05) is 36.4 Å². The number of rotatable bonds is 5. The molecule has 0 atom stereocenters. The molecule has 6 nitrogen and oxygen atoms in total. The van der Waals surface area contributed by atoms with E-state index in [1.165, 1.54) is 11.8 Å². The summed E-state index contributed by atoms with van der Waals surface area (Å²) in [5.74, 6) is 1.44. The summed E-state index contributed by atoms with van der Waals surface area (Å²) < 4.78 is 10.4. The Bertz CT molecular complexity index is 1140. The van der Waals surface area contributed by atoms with Crippen LogP contribution in [0.25, 0.3) is 6.08 Å². The van der Waals surface area contributed by atoms with Gasteiger partial charge in [0.1, 0.15) is 17.2 Å². The molecule has 3 aromatic carbocycles. The van der Waals surface area contributed by atoms with Gasteiger partial charge in [0.15, 0.2) is 5.17 Å². The highest BCUT2D eigenvalue weighted by atomic mass is 32.2. The zero-order valence-electron chi connectivity index (χ0n) is 17.0. The number of aromatic hydroxyl groups is 1. The van der Waals surface area contributed by atoms with E-state index in [-0.39, 0.29) is 11.7 Å². The third-order valence-electron chi connectivity index (χ3n) is 4.63. The van der Waals surface area contributed by atoms with Gasteiger partial charge in [-0.3, -0.25) is 9.69 Å². The molecule has 0 aliphatic carbocycles. The maximum absolute atomic E-state index is 13.3.